The highest BCUT2D eigenvalue weighted by molar-refractivity contribution is 5.73. The molecule has 4 rings (SSSR count). The van der Waals surface area contributed by atoms with Crippen molar-refractivity contribution in [1.82, 2.24) is 5.32 Å². The molecule has 0 aromatic heterocycles. The maximum atomic E-state index is 11.9. The molecule has 0 unspecified atom stereocenters. The summed E-state index contributed by atoms with van der Waals surface area (Å²) in [7, 11) is 0. The molecule has 0 aromatic rings. The number of nitrogens with one attached hydrogen (secondary N) is 1. The molecule has 1 amide bonds. The molecule has 20 nitrogen and oxygen atoms in total. The topological polar surface area (TPSA) is 316 Å². The first-order valence-corrected chi connectivity index (χ1v) is 14.8. The van der Waals surface area contributed by atoms with Gasteiger partial charge in [-0.05, 0) is 13.8 Å². The number of aliphatic hydroxyl groups excluding tert-OH is 11. The molecule has 0 saturated carbocycles. The quantitative estimate of drug-likeness (QED) is 0.108. The van der Waals surface area contributed by atoms with Crippen LogP contribution in [0.3, 0.4) is 0 Å². The smallest absolute Gasteiger partial charge is 0.217 e. The summed E-state index contributed by atoms with van der Waals surface area (Å²) < 4.78 is 39.5. The fourth-order valence-electron chi connectivity index (χ4n) is 5.85. The van der Waals surface area contributed by atoms with Gasteiger partial charge in [0.1, 0.15) is 85.4 Å². The third kappa shape index (κ3) is 7.64. The molecule has 268 valence electrons. The van der Waals surface area contributed by atoms with Crippen LogP contribution in [0, 0.1) is 0 Å². The first-order valence-electron chi connectivity index (χ1n) is 14.8. The highest BCUT2D eigenvalue weighted by Gasteiger charge is 2.55. The van der Waals surface area contributed by atoms with Crippen molar-refractivity contribution >= 4 is 5.91 Å². The van der Waals surface area contributed by atoms with Crippen LogP contribution in [0.15, 0.2) is 0 Å². The van der Waals surface area contributed by atoms with Gasteiger partial charge in [0.05, 0.1) is 25.4 Å². The van der Waals surface area contributed by atoms with Crippen molar-refractivity contribution in [3.8, 4) is 0 Å². The van der Waals surface area contributed by atoms with Crippen molar-refractivity contribution in [2.45, 2.75) is 144 Å². The molecule has 20 heteroatoms. The molecule has 20 atom stereocenters. The second kappa shape index (κ2) is 15.5. The molecular formula is C26H45NO19. The summed E-state index contributed by atoms with van der Waals surface area (Å²) in [5, 5.41) is 117. The Bertz CT molecular complexity index is 995. The minimum Gasteiger partial charge on any atom is -0.394 e. The van der Waals surface area contributed by atoms with Gasteiger partial charge in [-0.15, -0.1) is 0 Å². The van der Waals surface area contributed by atoms with E-state index in [1.165, 1.54) is 13.8 Å². The molecule has 4 aliphatic rings. The Balaban J connectivity index is 1.63. The zero-order chi connectivity index (χ0) is 34.2. The molecule has 4 saturated heterocycles. The Hall–Kier alpha value is -1.25. The highest BCUT2D eigenvalue weighted by Crippen LogP contribution is 2.35. The van der Waals surface area contributed by atoms with E-state index in [1.54, 1.807) is 0 Å². The van der Waals surface area contributed by atoms with E-state index in [2.05, 4.69) is 5.32 Å². The lowest BCUT2D eigenvalue weighted by molar-refractivity contribution is -0.391. The zero-order valence-corrected chi connectivity index (χ0v) is 25.1. The predicted octanol–water partition coefficient (Wildman–Crippen LogP) is -7.55. The average molecular weight is 676 g/mol. The summed E-state index contributed by atoms with van der Waals surface area (Å²) in [4.78, 5) is 11.9. The molecule has 0 aromatic carbocycles. The lowest BCUT2D eigenvalue weighted by Gasteiger charge is -2.50. The third-order valence-electron chi connectivity index (χ3n) is 8.52. The van der Waals surface area contributed by atoms with Crippen molar-refractivity contribution in [3.63, 3.8) is 0 Å². The van der Waals surface area contributed by atoms with Gasteiger partial charge < -0.3 is 94.6 Å². The summed E-state index contributed by atoms with van der Waals surface area (Å²) in [6.45, 7) is 2.35. The summed E-state index contributed by atoms with van der Waals surface area (Å²) >= 11 is 0. The van der Waals surface area contributed by atoms with Crippen molar-refractivity contribution in [2.75, 3.05) is 13.2 Å². The molecule has 12 N–H and O–H groups in total. The van der Waals surface area contributed by atoms with E-state index in [-0.39, 0.29) is 0 Å². The van der Waals surface area contributed by atoms with Crippen LogP contribution in [0.1, 0.15) is 20.8 Å². The highest BCUT2D eigenvalue weighted by atomic mass is 16.8. The summed E-state index contributed by atoms with van der Waals surface area (Å²) in [5.74, 6) is -0.651. The van der Waals surface area contributed by atoms with Crippen molar-refractivity contribution in [3.05, 3.63) is 0 Å². The number of carbonyl (C=O) groups excluding carboxylic acids is 1. The van der Waals surface area contributed by atoms with Crippen molar-refractivity contribution < 1.29 is 94.1 Å². The molecule has 4 aliphatic heterocycles. The van der Waals surface area contributed by atoms with E-state index in [1.807, 2.05) is 0 Å². The maximum Gasteiger partial charge on any atom is 0.217 e. The molecule has 4 fully saturated rings. The number of hydrogen-bond acceptors (Lipinski definition) is 19. The predicted molar refractivity (Wildman–Crippen MR) is 143 cm³/mol. The van der Waals surface area contributed by atoms with Crippen LogP contribution < -0.4 is 5.32 Å². The van der Waals surface area contributed by atoms with Gasteiger partial charge in [0.15, 0.2) is 25.2 Å². The fourth-order valence-corrected chi connectivity index (χ4v) is 5.85. The summed E-state index contributed by atoms with van der Waals surface area (Å²) in [5.41, 5.74) is 0. The summed E-state index contributed by atoms with van der Waals surface area (Å²) in [6, 6.07) is -1.43. The van der Waals surface area contributed by atoms with Gasteiger partial charge in [0.25, 0.3) is 0 Å². The molecule has 0 spiro atoms. The van der Waals surface area contributed by atoms with Crippen LogP contribution in [-0.4, -0.2) is 198 Å². The number of rotatable bonds is 9. The van der Waals surface area contributed by atoms with Crippen LogP contribution in [-0.2, 0) is 38.0 Å². The van der Waals surface area contributed by atoms with Crippen LogP contribution in [0.4, 0.5) is 0 Å². The van der Waals surface area contributed by atoms with E-state index in [0.29, 0.717) is 0 Å². The normalized spacial score (nSPS) is 51.9. The first-order chi connectivity index (χ1) is 21.6. The zero-order valence-electron chi connectivity index (χ0n) is 25.1. The van der Waals surface area contributed by atoms with Gasteiger partial charge in [-0.25, -0.2) is 0 Å². The minimum absolute atomic E-state index is 0.651. The number of hydrogen-bond donors (Lipinski definition) is 12. The monoisotopic (exact) mass is 675 g/mol. The molecule has 46 heavy (non-hydrogen) atoms. The van der Waals surface area contributed by atoms with Crippen LogP contribution in [0.2, 0.25) is 0 Å². The van der Waals surface area contributed by atoms with Gasteiger partial charge in [-0.1, -0.05) is 0 Å². The fraction of sp³-hybridized carbons (Fsp3) is 0.962. The Kier molecular flexibility index (Phi) is 12.7. The number of ether oxygens (including phenoxy) is 7. The van der Waals surface area contributed by atoms with Gasteiger partial charge in [-0.2, -0.15) is 0 Å². The Morgan fingerprint density at radius 2 is 1.04 bits per heavy atom. The van der Waals surface area contributed by atoms with E-state index in [9.17, 15) is 61.0 Å². The first kappa shape index (κ1) is 37.6. The van der Waals surface area contributed by atoms with E-state index >= 15 is 0 Å². The molecule has 4 heterocycles. The molecule has 0 bridgehead atoms. The maximum absolute atomic E-state index is 11.9. The summed E-state index contributed by atoms with van der Waals surface area (Å²) in [6.07, 6.45) is -30.9. The standard InChI is InChI=1S/C26H45NO19/c1-6-12(31)15(34)17(36)24(40-6)46-22-19(38)26(45-21-11(27-8(3)30)23(39)42-10(5-29)14(21)33)41-7(2)20(22)44-25-18(37)16(35)13(32)9(4-28)43-25/h6-7,9-26,28-29,31-39H,4-5H2,1-3H3,(H,27,30)/t6-,7-,9+,10+,11+,12-,13+,14+,15+,16-,17+,18+,19+,20-,21+,22-,23+,24-,25+,26-/m0/s1. The third-order valence-corrected chi connectivity index (χ3v) is 8.52. The van der Waals surface area contributed by atoms with Crippen molar-refractivity contribution in [1.29, 1.82) is 0 Å². The van der Waals surface area contributed by atoms with Gasteiger partial charge >= 0.3 is 0 Å². The van der Waals surface area contributed by atoms with Gasteiger partial charge in [0.2, 0.25) is 5.91 Å². The molecule has 0 radical (unpaired) electrons. The number of amides is 1. The van der Waals surface area contributed by atoms with Crippen LogP contribution >= 0.6 is 0 Å². The molecular weight excluding hydrogens is 630 g/mol. The number of carbonyl (C=O) groups is 1. The van der Waals surface area contributed by atoms with Crippen LogP contribution in [0.5, 0.6) is 0 Å². The molecule has 0 aliphatic carbocycles. The van der Waals surface area contributed by atoms with Gasteiger partial charge in [-0.3, -0.25) is 4.79 Å². The minimum atomic E-state index is -1.95. The Morgan fingerprint density at radius 3 is 1.63 bits per heavy atom. The second-order valence-corrected chi connectivity index (χ2v) is 11.8. The Morgan fingerprint density at radius 1 is 0.565 bits per heavy atom. The van der Waals surface area contributed by atoms with E-state index < -0.39 is 142 Å². The Labute approximate surface area is 262 Å². The lowest BCUT2D eigenvalue weighted by Crippen LogP contribution is -2.69. The lowest BCUT2D eigenvalue weighted by atomic mass is 9.94. The average Bonchev–Trinajstić information content (AvgIpc) is 3.01. The van der Waals surface area contributed by atoms with Gasteiger partial charge in [0, 0.05) is 6.92 Å². The van der Waals surface area contributed by atoms with Crippen molar-refractivity contribution in [2.24, 2.45) is 0 Å². The van der Waals surface area contributed by atoms with E-state index in [4.69, 9.17) is 33.2 Å². The largest absolute Gasteiger partial charge is 0.394 e. The van der Waals surface area contributed by atoms with Crippen LogP contribution in [0.25, 0.3) is 0 Å². The second-order valence-electron chi connectivity index (χ2n) is 11.8. The van der Waals surface area contributed by atoms with E-state index in [0.717, 1.165) is 6.92 Å². The SMILES string of the molecule is CC(=O)N[C@@H]1[C@@H](O[C@@H]2O[C@@H](C)[C@H](O[C@H]3O[C@H](CO)[C@@H](O)[C@H](O)[C@H]3O)[C@@H](O[C@@H]3O[C@@H](C)[C@H](O)[C@@H](O)[C@H]3O)[C@H]2O)[C@H](O)[C@@H](CO)O[C@H]1O. The number of aliphatic hydroxyl groups is 11.